The van der Waals surface area contributed by atoms with Crippen molar-refractivity contribution in [2.45, 2.75) is 31.2 Å². The number of para-hydroxylation sites is 1. The van der Waals surface area contributed by atoms with E-state index >= 15 is 0 Å². The van der Waals surface area contributed by atoms with E-state index in [0.717, 1.165) is 42.3 Å². The molecule has 2 N–H and O–H groups in total. The Morgan fingerprint density at radius 1 is 1.13 bits per heavy atom. The van der Waals surface area contributed by atoms with Gasteiger partial charge in [0.2, 0.25) is 0 Å². The van der Waals surface area contributed by atoms with Gasteiger partial charge >= 0.3 is 0 Å². The van der Waals surface area contributed by atoms with E-state index < -0.39 is 5.54 Å². The monoisotopic (exact) mass is 310 g/mol. The Bertz CT molecular complexity index is 853. The molecule has 6 nitrogen and oxygen atoms in total. The Kier molecular flexibility index (Phi) is 3.27. The Balaban J connectivity index is 1.76. The molecule has 23 heavy (non-hydrogen) atoms. The molecule has 0 amide bonds. The van der Waals surface area contributed by atoms with Crippen molar-refractivity contribution in [1.82, 2.24) is 15.1 Å². The van der Waals surface area contributed by atoms with Crippen LogP contribution in [0, 0.1) is 0 Å². The minimum Gasteiger partial charge on any atom is -0.494 e. The molecule has 2 heterocycles. The third-order valence-corrected chi connectivity index (χ3v) is 4.49. The second-order valence-electron chi connectivity index (χ2n) is 6.01. The summed E-state index contributed by atoms with van der Waals surface area (Å²) < 4.78 is 10.8. The Morgan fingerprint density at radius 3 is 2.74 bits per heavy atom. The molecule has 0 bridgehead atoms. The summed E-state index contributed by atoms with van der Waals surface area (Å²) >= 11 is 0. The molecule has 0 spiro atoms. The summed E-state index contributed by atoms with van der Waals surface area (Å²) in [5.41, 5.74) is 7.32. The van der Waals surface area contributed by atoms with E-state index in [1.807, 2.05) is 30.3 Å². The van der Waals surface area contributed by atoms with Crippen LogP contribution in [0.25, 0.3) is 22.5 Å². The molecular formula is C17H18N4O2. The van der Waals surface area contributed by atoms with Crippen molar-refractivity contribution >= 4 is 10.9 Å². The van der Waals surface area contributed by atoms with Crippen molar-refractivity contribution in [2.75, 3.05) is 7.11 Å². The molecule has 2 aromatic heterocycles. The standard InChI is InChI=1S/C17H18N4O2/c1-22-13-6-4-5-11-7-8-12(19-14(11)13)15-20-16(21-23-15)17(18)9-2-3-10-17/h4-8H,2-3,9-10,18H2,1H3. The first kappa shape index (κ1) is 14.1. The van der Waals surface area contributed by atoms with Gasteiger partial charge in [0.05, 0.1) is 12.6 Å². The molecule has 4 rings (SSSR count). The molecule has 6 heteroatoms. The summed E-state index contributed by atoms with van der Waals surface area (Å²) in [6, 6.07) is 9.65. The van der Waals surface area contributed by atoms with Crippen molar-refractivity contribution in [3.05, 3.63) is 36.2 Å². The maximum Gasteiger partial charge on any atom is 0.276 e. The van der Waals surface area contributed by atoms with Gasteiger partial charge in [-0.2, -0.15) is 4.98 Å². The fourth-order valence-electron chi connectivity index (χ4n) is 3.16. The lowest BCUT2D eigenvalue weighted by molar-refractivity contribution is 0.372. The smallest absolute Gasteiger partial charge is 0.276 e. The minimum absolute atomic E-state index is 0.393. The van der Waals surface area contributed by atoms with Crippen molar-refractivity contribution < 1.29 is 9.26 Å². The van der Waals surface area contributed by atoms with Crippen molar-refractivity contribution in [3.63, 3.8) is 0 Å². The second kappa shape index (κ2) is 5.31. The van der Waals surface area contributed by atoms with Gasteiger partial charge in [-0.05, 0) is 25.0 Å². The highest BCUT2D eigenvalue weighted by molar-refractivity contribution is 5.86. The number of hydrogen-bond donors (Lipinski definition) is 1. The van der Waals surface area contributed by atoms with Gasteiger partial charge in [0, 0.05) is 5.39 Å². The molecule has 1 aliphatic carbocycles. The highest BCUT2D eigenvalue weighted by Gasteiger charge is 2.36. The van der Waals surface area contributed by atoms with E-state index in [2.05, 4.69) is 15.1 Å². The van der Waals surface area contributed by atoms with E-state index in [9.17, 15) is 0 Å². The van der Waals surface area contributed by atoms with Gasteiger partial charge in [0.25, 0.3) is 5.89 Å². The number of benzene rings is 1. The van der Waals surface area contributed by atoms with Crippen LogP contribution in [0.5, 0.6) is 5.75 Å². The summed E-state index contributed by atoms with van der Waals surface area (Å²) in [5, 5.41) is 5.09. The predicted octanol–water partition coefficient (Wildman–Crippen LogP) is 3.02. The molecule has 0 atom stereocenters. The third-order valence-electron chi connectivity index (χ3n) is 4.49. The number of aromatic nitrogens is 3. The van der Waals surface area contributed by atoms with E-state index in [1.165, 1.54) is 0 Å². The van der Waals surface area contributed by atoms with E-state index in [0.29, 0.717) is 17.4 Å². The first-order valence-electron chi connectivity index (χ1n) is 7.77. The molecule has 1 saturated carbocycles. The van der Waals surface area contributed by atoms with Gasteiger partial charge in [-0.15, -0.1) is 0 Å². The van der Waals surface area contributed by atoms with Crippen LogP contribution in [0.4, 0.5) is 0 Å². The molecule has 0 unspecified atom stereocenters. The summed E-state index contributed by atoms with van der Waals surface area (Å²) in [4.78, 5) is 9.11. The largest absolute Gasteiger partial charge is 0.494 e. The van der Waals surface area contributed by atoms with Gasteiger partial charge in [-0.1, -0.05) is 36.2 Å². The normalized spacial score (nSPS) is 16.8. The molecule has 1 aliphatic rings. The summed E-state index contributed by atoms with van der Waals surface area (Å²) in [7, 11) is 1.63. The van der Waals surface area contributed by atoms with Crippen LogP contribution >= 0.6 is 0 Å². The van der Waals surface area contributed by atoms with Crippen LogP contribution < -0.4 is 10.5 Å². The van der Waals surface area contributed by atoms with Gasteiger partial charge in [0.1, 0.15) is 17.0 Å². The average Bonchev–Trinajstić information content (AvgIpc) is 3.24. The number of fused-ring (bicyclic) bond motifs is 1. The van der Waals surface area contributed by atoms with Gasteiger partial charge in [-0.25, -0.2) is 4.98 Å². The lowest BCUT2D eigenvalue weighted by Crippen LogP contribution is -2.34. The van der Waals surface area contributed by atoms with E-state index in [4.69, 9.17) is 15.0 Å². The van der Waals surface area contributed by atoms with Crippen molar-refractivity contribution in [1.29, 1.82) is 0 Å². The van der Waals surface area contributed by atoms with Gasteiger partial charge in [0.15, 0.2) is 5.82 Å². The Morgan fingerprint density at radius 2 is 1.96 bits per heavy atom. The maximum atomic E-state index is 6.38. The fourth-order valence-corrected chi connectivity index (χ4v) is 3.16. The van der Waals surface area contributed by atoms with Crippen LogP contribution in [0.15, 0.2) is 34.9 Å². The van der Waals surface area contributed by atoms with Crippen LogP contribution in [0.3, 0.4) is 0 Å². The van der Waals surface area contributed by atoms with Crippen LogP contribution in [-0.2, 0) is 5.54 Å². The van der Waals surface area contributed by atoms with Crippen molar-refractivity contribution in [2.24, 2.45) is 5.73 Å². The lowest BCUT2D eigenvalue weighted by atomic mass is 9.99. The lowest BCUT2D eigenvalue weighted by Gasteiger charge is -2.17. The number of pyridine rings is 1. The van der Waals surface area contributed by atoms with E-state index in [-0.39, 0.29) is 0 Å². The number of hydrogen-bond acceptors (Lipinski definition) is 6. The zero-order valence-electron chi connectivity index (χ0n) is 13.0. The number of rotatable bonds is 3. The Labute approximate surface area is 133 Å². The van der Waals surface area contributed by atoms with E-state index in [1.54, 1.807) is 7.11 Å². The molecule has 1 fully saturated rings. The molecule has 0 aliphatic heterocycles. The first-order chi connectivity index (χ1) is 11.2. The zero-order valence-corrected chi connectivity index (χ0v) is 13.0. The molecule has 3 aromatic rings. The van der Waals surface area contributed by atoms with Crippen LogP contribution in [0.2, 0.25) is 0 Å². The zero-order chi connectivity index (χ0) is 15.9. The fraction of sp³-hybridized carbons (Fsp3) is 0.353. The predicted molar refractivity (Wildman–Crippen MR) is 85.9 cm³/mol. The summed E-state index contributed by atoms with van der Waals surface area (Å²) in [6.45, 7) is 0. The topological polar surface area (TPSA) is 87.1 Å². The molecule has 0 radical (unpaired) electrons. The average molecular weight is 310 g/mol. The molecular weight excluding hydrogens is 292 g/mol. The summed E-state index contributed by atoms with van der Waals surface area (Å²) in [5.74, 6) is 1.69. The number of methoxy groups -OCH3 is 1. The second-order valence-corrected chi connectivity index (χ2v) is 6.01. The van der Waals surface area contributed by atoms with Gasteiger partial charge in [-0.3, -0.25) is 0 Å². The maximum absolute atomic E-state index is 6.38. The number of ether oxygens (including phenoxy) is 1. The molecule has 1 aromatic carbocycles. The first-order valence-corrected chi connectivity index (χ1v) is 7.77. The van der Waals surface area contributed by atoms with Gasteiger partial charge < -0.3 is 15.0 Å². The quantitative estimate of drug-likeness (QED) is 0.800. The van der Waals surface area contributed by atoms with Crippen LogP contribution in [-0.4, -0.2) is 22.2 Å². The SMILES string of the molecule is COc1cccc2ccc(-c3nc(C4(N)CCCC4)no3)nc12. The molecule has 118 valence electrons. The highest BCUT2D eigenvalue weighted by atomic mass is 16.5. The van der Waals surface area contributed by atoms with Crippen LogP contribution in [0.1, 0.15) is 31.5 Å². The minimum atomic E-state index is -0.462. The molecule has 0 saturated heterocycles. The summed E-state index contributed by atoms with van der Waals surface area (Å²) in [6.07, 6.45) is 3.99. The van der Waals surface area contributed by atoms with Crippen molar-refractivity contribution in [3.8, 4) is 17.3 Å². The Hall–Kier alpha value is -2.47. The number of nitrogens with zero attached hydrogens (tertiary/aromatic N) is 3. The third kappa shape index (κ3) is 2.35. The highest BCUT2D eigenvalue weighted by Crippen LogP contribution is 2.35. The number of nitrogens with two attached hydrogens (primary N) is 1.